The van der Waals surface area contributed by atoms with Gasteiger partial charge in [0.25, 0.3) is 0 Å². The Kier molecular flexibility index (Phi) is 6.44. The first-order chi connectivity index (χ1) is 11.5. The summed E-state index contributed by atoms with van der Waals surface area (Å²) < 4.78 is 19.2. The molecule has 2 atom stereocenters. The topological polar surface area (TPSA) is 73.9 Å². The van der Waals surface area contributed by atoms with Crippen molar-refractivity contribution in [3.05, 3.63) is 24.3 Å². The van der Waals surface area contributed by atoms with E-state index in [1.54, 1.807) is 17.0 Å². The molecule has 7 nitrogen and oxygen atoms in total. The van der Waals surface area contributed by atoms with E-state index >= 15 is 0 Å². The summed E-state index contributed by atoms with van der Waals surface area (Å²) in [6.45, 7) is 3.74. The number of rotatable bonds is 4. The van der Waals surface area contributed by atoms with Gasteiger partial charge in [0.15, 0.2) is 6.30 Å². The van der Waals surface area contributed by atoms with Crippen molar-refractivity contribution in [3.8, 4) is 0 Å². The van der Waals surface area contributed by atoms with E-state index in [-0.39, 0.29) is 24.4 Å². The third-order valence-corrected chi connectivity index (χ3v) is 4.13. The summed E-state index contributed by atoms with van der Waals surface area (Å²) in [7, 11) is 0. The van der Waals surface area contributed by atoms with Crippen LogP contribution < -0.4 is 20.4 Å². The van der Waals surface area contributed by atoms with Crippen LogP contribution in [-0.2, 0) is 9.53 Å². The Morgan fingerprint density at radius 2 is 2.04 bits per heavy atom. The largest absolute Gasteiger partial charge is 0.442 e. The molecule has 138 valence electrons. The van der Waals surface area contributed by atoms with Gasteiger partial charge in [-0.25, -0.2) is 9.18 Å². The van der Waals surface area contributed by atoms with Crippen molar-refractivity contribution in [3.63, 3.8) is 0 Å². The number of hydrogen-bond donors (Lipinski definition) is 2. The lowest BCUT2D eigenvalue weighted by atomic mass is 10.2. The Morgan fingerprint density at radius 3 is 2.68 bits per heavy atom. The predicted octanol–water partition coefficient (Wildman–Crippen LogP) is 1.27. The Labute approximate surface area is 151 Å². The summed E-state index contributed by atoms with van der Waals surface area (Å²) in [6.07, 6.45) is -1.86. The molecule has 0 saturated carbocycles. The van der Waals surface area contributed by atoms with E-state index in [0.29, 0.717) is 31.9 Å². The van der Waals surface area contributed by atoms with Gasteiger partial charge in [0, 0.05) is 37.9 Å². The van der Waals surface area contributed by atoms with Gasteiger partial charge in [-0.3, -0.25) is 9.69 Å². The molecule has 0 spiro atoms. The fourth-order valence-corrected chi connectivity index (χ4v) is 2.88. The summed E-state index contributed by atoms with van der Waals surface area (Å²) in [5, 5.41) is 5.64. The Hall–Kier alpha value is -2.06. The SMILES string of the molecule is CC(=O)NCC1CN(c2ccc(N3CCNCC3F)cc2)C(=O)O1.Cl. The molecule has 3 rings (SSSR count). The molecule has 2 fully saturated rings. The van der Waals surface area contributed by atoms with Gasteiger partial charge in [-0.1, -0.05) is 0 Å². The number of piperazine rings is 1. The van der Waals surface area contributed by atoms with Crippen molar-refractivity contribution in [1.82, 2.24) is 10.6 Å². The van der Waals surface area contributed by atoms with Gasteiger partial charge in [0.05, 0.1) is 13.1 Å². The van der Waals surface area contributed by atoms with Crippen molar-refractivity contribution in [1.29, 1.82) is 0 Å². The second kappa shape index (κ2) is 8.35. The molecule has 9 heteroatoms. The first-order valence-electron chi connectivity index (χ1n) is 7.98. The zero-order valence-electron chi connectivity index (χ0n) is 13.9. The van der Waals surface area contributed by atoms with Gasteiger partial charge in [0.1, 0.15) is 6.10 Å². The third-order valence-electron chi connectivity index (χ3n) is 4.13. The summed E-state index contributed by atoms with van der Waals surface area (Å²) in [5.41, 5.74) is 1.48. The van der Waals surface area contributed by atoms with E-state index in [1.165, 1.54) is 11.8 Å². The van der Waals surface area contributed by atoms with Gasteiger partial charge < -0.3 is 20.3 Å². The van der Waals surface area contributed by atoms with Crippen molar-refractivity contribution in [2.24, 2.45) is 0 Å². The Balaban J connectivity index is 0.00000225. The van der Waals surface area contributed by atoms with Crippen LogP contribution in [0.4, 0.5) is 20.6 Å². The number of carbonyl (C=O) groups excluding carboxylic acids is 2. The number of benzene rings is 1. The maximum atomic E-state index is 13.9. The molecule has 1 aromatic rings. The molecule has 2 aliphatic heterocycles. The zero-order valence-corrected chi connectivity index (χ0v) is 14.7. The highest BCUT2D eigenvalue weighted by Gasteiger charge is 2.32. The maximum Gasteiger partial charge on any atom is 0.414 e. The van der Waals surface area contributed by atoms with E-state index < -0.39 is 12.4 Å². The van der Waals surface area contributed by atoms with Gasteiger partial charge >= 0.3 is 6.09 Å². The Bertz CT molecular complexity index is 616. The number of nitrogens with one attached hydrogen (secondary N) is 2. The average molecular weight is 373 g/mol. The highest BCUT2D eigenvalue weighted by molar-refractivity contribution is 5.90. The highest BCUT2D eigenvalue weighted by atomic mass is 35.5. The molecular weight excluding hydrogens is 351 g/mol. The molecule has 0 aromatic heterocycles. The molecule has 2 unspecified atom stereocenters. The van der Waals surface area contributed by atoms with E-state index in [9.17, 15) is 14.0 Å². The van der Waals surface area contributed by atoms with E-state index in [0.717, 1.165) is 12.2 Å². The fourth-order valence-electron chi connectivity index (χ4n) is 2.88. The number of halogens is 2. The number of carbonyl (C=O) groups is 2. The molecule has 25 heavy (non-hydrogen) atoms. The third kappa shape index (κ3) is 4.52. The lowest BCUT2D eigenvalue weighted by molar-refractivity contribution is -0.119. The number of alkyl halides is 1. The lowest BCUT2D eigenvalue weighted by Gasteiger charge is -2.33. The second-order valence-corrected chi connectivity index (χ2v) is 5.90. The average Bonchev–Trinajstić information content (AvgIpc) is 2.94. The van der Waals surface area contributed by atoms with Crippen LogP contribution >= 0.6 is 12.4 Å². The van der Waals surface area contributed by atoms with Crippen LogP contribution in [-0.4, -0.2) is 57.1 Å². The van der Waals surface area contributed by atoms with Gasteiger partial charge in [-0.05, 0) is 24.3 Å². The van der Waals surface area contributed by atoms with Crippen LogP contribution in [0.3, 0.4) is 0 Å². The molecule has 2 amide bonds. The van der Waals surface area contributed by atoms with E-state index in [1.807, 2.05) is 12.1 Å². The highest BCUT2D eigenvalue weighted by Crippen LogP contribution is 2.26. The molecule has 0 bridgehead atoms. The normalized spacial score (nSPS) is 23.0. The fraction of sp³-hybridized carbons (Fsp3) is 0.500. The van der Waals surface area contributed by atoms with Crippen LogP contribution in [0.5, 0.6) is 0 Å². The number of hydrogen-bond acceptors (Lipinski definition) is 5. The van der Waals surface area contributed by atoms with Crippen LogP contribution in [0.25, 0.3) is 0 Å². The first-order valence-corrected chi connectivity index (χ1v) is 7.98. The molecule has 2 heterocycles. The molecular formula is C16H22ClFN4O3. The predicted molar refractivity (Wildman–Crippen MR) is 95.1 cm³/mol. The maximum absolute atomic E-state index is 13.9. The summed E-state index contributed by atoms with van der Waals surface area (Å²) in [6, 6.07) is 7.18. The molecule has 0 radical (unpaired) electrons. The number of cyclic esters (lactones) is 1. The zero-order chi connectivity index (χ0) is 17.1. The number of amides is 2. The minimum absolute atomic E-state index is 0. The van der Waals surface area contributed by atoms with E-state index in [2.05, 4.69) is 10.6 Å². The van der Waals surface area contributed by atoms with Crippen molar-refractivity contribution >= 4 is 35.8 Å². The van der Waals surface area contributed by atoms with Crippen molar-refractivity contribution in [2.75, 3.05) is 42.5 Å². The van der Waals surface area contributed by atoms with Gasteiger partial charge in [-0.15, -0.1) is 12.4 Å². The monoisotopic (exact) mass is 372 g/mol. The lowest BCUT2D eigenvalue weighted by Crippen LogP contribution is -2.49. The number of ether oxygens (including phenoxy) is 1. The van der Waals surface area contributed by atoms with Gasteiger partial charge in [0.2, 0.25) is 5.91 Å². The van der Waals surface area contributed by atoms with E-state index in [4.69, 9.17) is 4.74 Å². The van der Waals surface area contributed by atoms with Crippen molar-refractivity contribution < 1.29 is 18.7 Å². The van der Waals surface area contributed by atoms with Crippen LogP contribution in [0.15, 0.2) is 24.3 Å². The van der Waals surface area contributed by atoms with Gasteiger partial charge in [-0.2, -0.15) is 0 Å². The Morgan fingerprint density at radius 1 is 1.36 bits per heavy atom. The summed E-state index contributed by atoms with van der Waals surface area (Å²) >= 11 is 0. The summed E-state index contributed by atoms with van der Waals surface area (Å²) in [4.78, 5) is 26.1. The number of anilines is 2. The molecule has 2 saturated heterocycles. The molecule has 1 aromatic carbocycles. The smallest absolute Gasteiger partial charge is 0.414 e. The number of nitrogens with zero attached hydrogens (tertiary/aromatic N) is 2. The van der Waals surface area contributed by atoms with Crippen molar-refractivity contribution in [2.45, 2.75) is 19.3 Å². The first kappa shape index (κ1) is 19.3. The molecule has 0 aliphatic carbocycles. The minimum Gasteiger partial charge on any atom is -0.442 e. The van der Waals surface area contributed by atoms with Crippen LogP contribution in [0, 0.1) is 0 Å². The molecule has 2 N–H and O–H groups in total. The standard InChI is InChI=1S/C16H21FN4O3.ClH/c1-11(22)19-8-14-10-21(16(23)24-14)13-4-2-12(3-5-13)20-7-6-18-9-15(20)17;/h2-5,14-15,18H,6-10H2,1H3,(H,19,22);1H. The summed E-state index contributed by atoms with van der Waals surface area (Å²) in [5.74, 6) is -0.161. The van der Waals surface area contributed by atoms with Crippen LogP contribution in [0.2, 0.25) is 0 Å². The molecule has 2 aliphatic rings. The second-order valence-electron chi connectivity index (χ2n) is 5.90. The quantitative estimate of drug-likeness (QED) is 0.779. The van der Waals surface area contributed by atoms with Crippen LogP contribution in [0.1, 0.15) is 6.92 Å². The minimum atomic E-state index is -1.05.